The van der Waals surface area contributed by atoms with E-state index in [1.165, 1.54) is 12.8 Å². The first-order chi connectivity index (χ1) is 7.77. The van der Waals surface area contributed by atoms with Crippen LogP contribution in [0.25, 0.3) is 0 Å². The topological polar surface area (TPSA) is 41.6 Å². The van der Waals surface area contributed by atoms with Crippen LogP contribution in [0.3, 0.4) is 0 Å². The number of carbonyl (C=O) groups is 1. The molecule has 1 N–H and O–H groups in total. The largest absolute Gasteiger partial charge is 0.449 e. The van der Waals surface area contributed by atoms with Gasteiger partial charge in [-0.15, -0.1) is 0 Å². The Balaban J connectivity index is 2.27. The van der Waals surface area contributed by atoms with Gasteiger partial charge in [0.1, 0.15) is 0 Å². The highest BCUT2D eigenvalue weighted by atomic mass is 16.6. The number of unbranched alkanes of at least 4 members (excludes halogenated alkanes) is 2. The highest BCUT2D eigenvalue weighted by Crippen LogP contribution is 2.15. The Morgan fingerprint density at radius 1 is 1.50 bits per heavy atom. The van der Waals surface area contributed by atoms with E-state index in [1.54, 1.807) is 0 Å². The monoisotopic (exact) mass is 228 g/mol. The molecule has 0 aromatic heterocycles. The van der Waals surface area contributed by atoms with Gasteiger partial charge in [-0.3, -0.25) is 0 Å². The van der Waals surface area contributed by atoms with Crippen molar-refractivity contribution in [3.8, 4) is 0 Å². The smallest absolute Gasteiger partial charge is 0.409 e. The minimum absolute atomic E-state index is 0.128. The molecule has 0 aromatic rings. The number of cyclic esters (lactones) is 1. The van der Waals surface area contributed by atoms with Crippen molar-refractivity contribution in [1.29, 1.82) is 0 Å². The van der Waals surface area contributed by atoms with Gasteiger partial charge < -0.3 is 15.0 Å². The van der Waals surface area contributed by atoms with Crippen LogP contribution in [0, 0.1) is 5.92 Å². The van der Waals surface area contributed by atoms with Crippen LogP contribution in [-0.4, -0.2) is 44.3 Å². The summed E-state index contributed by atoms with van der Waals surface area (Å²) >= 11 is 0. The van der Waals surface area contributed by atoms with Gasteiger partial charge in [-0.05, 0) is 26.4 Å². The van der Waals surface area contributed by atoms with Crippen LogP contribution in [0.4, 0.5) is 4.79 Å². The van der Waals surface area contributed by atoms with Gasteiger partial charge in [0.2, 0.25) is 0 Å². The molecular formula is C12H24N2O2. The van der Waals surface area contributed by atoms with Crippen molar-refractivity contribution >= 4 is 6.09 Å². The maximum absolute atomic E-state index is 11.5. The summed E-state index contributed by atoms with van der Waals surface area (Å²) in [5.41, 5.74) is 0. The summed E-state index contributed by atoms with van der Waals surface area (Å²) in [5.74, 6) is 0.492. The third kappa shape index (κ3) is 4.39. The van der Waals surface area contributed by atoms with Gasteiger partial charge in [0.05, 0.1) is 6.61 Å². The zero-order chi connectivity index (χ0) is 11.8. The maximum Gasteiger partial charge on any atom is 0.409 e. The highest BCUT2D eigenvalue weighted by Gasteiger charge is 2.25. The molecule has 0 radical (unpaired) electrons. The Bertz CT molecular complexity index is 209. The van der Waals surface area contributed by atoms with Gasteiger partial charge in [-0.1, -0.05) is 19.8 Å². The zero-order valence-corrected chi connectivity index (χ0v) is 10.5. The zero-order valence-electron chi connectivity index (χ0n) is 10.5. The van der Waals surface area contributed by atoms with E-state index in [9.17, 15) is 4.79 Å². The van der Waals surface area contributed by atoms with Gasteiger partial charge in [-0.25, -0.2) is 4.79 Å². The summed E-state index contributed by atoms with van der Waals surface area (Å²) in [6.45, 7) is 5.47. The molecule has 0 aliphatic carbocycles. The molecule has 16 heavy (non-hydrogen) atoms. The average Bonchev–Trinajstić information content (AvgIpc) is 2.30. The van der Waals surface area contributed by atoms with Crippen LogP contribution in [0.15, 0.2) is 0 Å². The van der Waals surface area contributed by atoms with Gasteiger partial charge in [-0.2, -0.15) is 0 Å². The molecule has 0 saturated carbocycles. The first kappa shape index (κ1) is 13.3. The van der Waals surface area contributed by atoms with Gasteiger partial charge in [0.15, 0.2) is 0 Å². The molecule has 1 aliphatic rings. The number of hydrogen-bond acceptors (Lipinski definition) is 3. The first-order valence-electron chi connectivity index (χ1n) is 6.34. The third-order valence-electron chi connectivity index (χ3n) is 3.01. The number of hydrogen-bond donors (Lipinski definition) is 1. The molecule has 1 amide bonds. The fourth-order valence-corrected chi connectivity index (χ4v) is 1.98. The van der Waals surface area contributed by atoms with E-state index in [-0.39, 0.29) is 6.09 Å². The van der Waals surface area contributed by atoms with E-state index in [0.717, 1.165) is 32.5 Å². The Morgan fingerprint density at radius 3 is 3.00 bits per heavy atom. The van der Waals surface area contributed by atoms with E-state index in [0.29, 0.717) is 12.5 Å². The lowest BCUT2D eigenvalue weighted by Crippen LogP contribution is -2.44. The average molecular weight is 228 g/mol. The number of carbonyl (C=O) groups excluding carboxylic acids is 1. The second-order valence-electron chi connectivity index (χ2n) is 4.49. The van der Waals surface area contributed by atoms with Crippen molar-refractivity contribution in [3.05, 3.63) is 0 Å². The van der Waals surface area contributed by atoms with Crippen molar-refractivity contribution in [3.63, 3.8) is 0 Å². The van der Waals surface area contributed by atoms with Crippen LogP contribution >= 0.6 is 0 Å². The molecule has 4 heteroatoms. The maximum atomic E-state index is 11.5. The second kappa shape index (κ2) is 7.49. The van der Waals surface area contributed by atoms with E-state index in [1.807, 2.05) is 11.9 Å². The van der Waals surface area contributed by atoms with Crippen LogP contribution < -0.4 is 5.32 Å². The third-order valence-corrected chi connectivity index (χ3v) is 3.01. The summed E-state index contributed by atoms with van der Waals surface area (Å²) < 4.78 is 5.19. The second-order valence-corrected chi connectivity index (χ2v) is 4.49. The van der Waals surface area contributed by atoms with E-state index in [4.69, 9.17) is 4.74 Å². The van der Waals surface area contributed by atoms with Crippen LogP contribution in [0.1, 0.15) is 32.6 Å². The predicted molar refractivity (Wildman–Crippen MR) is 64.5 cm³/mol. The lowest BCUT2D eigenvalue weighted by molar-refractivity contribution is 0.0404. The fourth-order valence-electron chi connectivity index (χ4n) is 1.98. The summed E-state index contributed by atoms with van der Waals surface area (Å²) in [7, 11) is 1.95. The van der Waals surface area contributed by atoms with Gasteiger partial charge in [0.25, 0.3) is 0 Å². The van der Waals surface area contributed by atoms with Crippen molar-refractivity contribution < 1.29 is 9.53 Å². The summed E-state index contributed by atoms with van der Waals surface area (Å²) in [6.07, 6.45) is 4.41. The van der Waals surface area contributed by atoms with E-state index < -0.39 is 0 Å². The molecule has 1 rings (SSSR count). The minimum Gasteiger partial charge on any atom is -0.449 e. The quantitative estimate of drug-likeness (QED) is 0.676. The van der Waals surface area contributed by atoms with Gasteiger partial charge >= 0.3 is 6.09 Å². The standard InChI is InChI=1S/C12H24N2O2/c1-3-4-5-8-14-9-11(6-7-13-2)10-16-12(14)15/h11,13H,3-10H2,1-2H3. The normalized spacial score (nSPS) is 21.0. The highest BCUT2D eigenvalue weighted by molar-refractivity contribution is 5.68. The number of rotatable bonds is 7. The molecule has 1 aliphatic heterocycles. The molecule has 1 unspecified atom stereocenters. The molecule has 1 atom stereocenters. The summed E-state index contributed by atoms with van der Waals surface area (Å²) in [6, 6.07) is 0. The number of nitrogens with one attached hydrogen (secondary N) is 1. The van der Waals surface area contributed by atoms with Crippen LogP contribution in [-0.2, 0) is 4.74 Å². The van der Waals surface area contributed by atoms with Crippen molar-refractivity contribution in [2.45, 2.75) is 32.6 Å². The Labute approximate surface area is 98.3 Å². The van der Waals surface area contributed by atoms with Gasteiger partial charge in [0, 0.05) is 19.0 Å². The Morgan fingerprint density at radius 2 is 2.31 bits per heavy atom. The molecular weight excluding hydrogens is 204 g/mol. The van der Waals surface area contributed by atoms with E-state index in [2.05, 4.69) is 12.2 Å². The van der Waals surface area contributed by atoms with Crippen molar-refractivity contribution in [2.75, 3.05) is 33.3 Å². The van der Waals surface area contributed by atoms with Crippen LogP contribution in [0.5, 0.6) is 0 Å². The van der Waals surface area contributed by atoms with Crippen LogP contribution in [0.2, 0.25) is 0 Å². The fraction of sp³-hybridized carbons (Fsp3) is 0.917. The first-order valence-corrected chi connectivity index (χ1v) is 6.34. The molecule has 0 aromatic carbocycles. The molecule has 1 heterocycles. The molecule has 94 valence electrons. The molecule has 0 bridgehead atoms. The number of ether oxygens (including phenoxy) is 1. The number of nitrogens with zero attached hydrogens (tertiary/aromatic N) is 1. The Kier molecular flexibility index (Phi) is 6.23. The summed E-state index contributed by atoms with van der Waals surface area (Å²) in [4.78, 5) is 13.4. The molecule has 0 spiro atoms. The molecule has 1 fully saturated rings. The van der Waals surface area contributed by atoms with Crippen molar-refractivity contribution in [1.82, 2.24) is 10.2 Å². The lowest BCUT2D eigenvalue weighted by Gasteiger charge is -2.32. The van der Waals surface area contributed by atoms with Crippen molar-refractivity contribution in [2.24, 2.45) is 5.92 Å². The SMILES string of the molecule is CCCCCN1CC(CCNC)COC1=O. The lowest BCUT2D eigenvalue weighted by atomic mass is 10.0. The number of amides is 1. The molecule has 4 nitrogen and oxygen atoms in total. The van der Waals surface area contributed by atoms with E-state index >= 15 is 0 Å². The summed E-state index contributed by atoms with van der Waals surface area (Å²) in [5, 5.41) is 3.13. The predicted octanol–water partition coefficient (Wildman–Crippen LogP) is 1.85. The minimum atomic E-state index is -0.128. The Hall–Kier alpha value is -0.770. The molecule has 1 saturated heterocycles.